The second kappa shape index (κ2) is 8.32. The quantitative estimate of drug-likeness (QED) is 0.460. The van der Waals surface area contributed by atoms with Gasteiger partial charge in [-0.1, -0.05) is 36.4 Å². The van der Waals surface area contributed by atoms with Crippen molar-refractivity contribution in [3.05, 3.63) is 78.1 Å². The zero-order valence-electron chi connectivity index (χ0n) is 15.2. The van der Waals surface area contributed by atoms with Gasteiger partial charge in [-0.2, -0.15) is 0 Å². The van der Waals surface area contributed by atoms with Crippen molar-refractivity contribution in [2.45, 2.75) is 0 Å². The van der Waals surface area contributed by atoms with Gasteiger partial charge in [-0.25, -0.2) is 18.7 Å². The molecule has 0 fully saturated rings. The number of carbonyl (C=O) groups excluding carboxylic acids is 1. The van der Waals surface area contributed by atoms with E-state index in [1.165, 1.54) is 12.4 Å². The zero-order valence-corrected chi connectivity index (χ0v) is 16.0. The average Bonchev–Trinajstić information content (AvgIpc) is 3.17. The molecule has 4 rings (SSSR count). The van der Waals surface area contributed by atoms with Crippen LogP contribution in [0.15, 0.2) is 60.9 Å². The Morgan fingerprint density at radius 1 is 0.966 bits per heavy atom. The van der Waals surface area contributed by atoms with E-state index in [0.717, 1.165) is 32.8 Å². The summed E-state index contributed by atoms with van der Waals surface area (Å²) in [4.78, 5) is 22.5. The highest BCUT2D eigenvalue weighted by Gasteiger charge is 2.16. The van der Waals surface area contributed by atoms with Crippen LogP contribution in [0.25, 0.3) is 20.7 Å². The molecule has 2 aromatic heterocycles. The monoisotopic (exact) mass is 410 g/mol. The lowest BCUT2D eigenvalue weighted by molar-refractivity contribution is 0.0946. The van der Waals surface area contributed by atoms with Gasteiger partial charge in [0.05, 0.1) is 5.39 Å². The molecule has 0 spiro atoms. The zero-order chi connectivity index (χ0) is 20.2. The summed E-state index contributed by atoms with van der Waals surface area (Å²) in [6.07, 6.45) is 1.48. The average molecular weight is 410 g/mol. The molecule has 0 radical (unpaired) electrons. The molecule has 0 unspecified atom stereocenters. The van der Waals surface area contributed by atoms with Crippen LogP contribution in [0.5, 0.6) is 0 Å². The molecule has 0 saturated carbocycles. The third-order valence-corrected chi connectivity index (χ3v) is 5.37. The second-order valence-electron chi connectivity index (χ2n) is 6.20. The summed E-state index contributed by atoms with van der Waals surface area (Å²) in [6.45, 7) is 0.512. The molecule has 0 aliphatic rings. The smallest absolute Gasteiger partial charge is 0.257 e. The molecule has 0 aliphatic heterocycles. The first-order chi connectivity index (χ1) is 14.1. The number of aromatic nitrogens is 2. The lowest BCUT2D eigenvalue weighted by atomic mass is 10.2. The van der Waals surface area contributed by atoms with E-state index in [4.69, 9.17) is 0 Å². The number of carbonyl (C=O) groups is 1. The Balaban J connectivity index is 1.42. The van der Waals surface area contributed by atoms with Crippen molar-refractivity contribution < 1.29 is 13.6 Å². The van der Waals surface area contributed by atoms with Crippen LogP contribution in [0.1, 0.15) is 10.4 Å². The summed E-state index contributed by atoms with van der Waals surface area (Å²) in [5.74, 6) is -1.93. The van der Waals surface area contributed by atoms with E-state index in [9.17, 15) is 13.6 Å². The van der Waals surface area contributed by atoms with Crippen molar-refractivity contribution in [1.29, 1.82) is 0 Å². The molecule has 1 amide bonds. The molecule has 2 N–H and O–H groups in total. The van der Waals surface area contributed by atoms with Gasteiger partial charge >= 0.3 is 0 Å². The van der Waals surface area contributed by atoms with Gasteiger partial charge < -0.3 is 10.6 Å². The Kier molecular flexibility index (Phi) is 5.44. The third-order valence-electron chi connectivity index (χ3n) is 4.28. The first-order valence-electron chi connectivity index (χ1n) is 8.89. The minimum Gasteiger partial charge on any atom is -0.368 e. The topological polar surface area (TPSA) is 66.9 Å². The predicted octanol–water partition coefficient (Wildman–Crippen LogP) is 4.48. The lowest BCUT2D eigenvalue weighted by Gasteiger charge is -2.09. The van der Waals surface area contributed by atoms with E-state index in [1.807, 2.05) is 36.4 Å². The fourth-order valence-corrected chi connectivity index (χ4v) is 3.91. The number of nitrogens with one attached hydrogen (secondary N) is 2. The van der Waals surface area contributed by atoms with E-state index in [2.05, 4.69) is 20.6 Å². The van der Waals surface area contributed by atoms with Crippen LogP contribution in [0.4, 0.5) is 14.6 Å². The number of halogens is 2. The number of thiophene rings is 1. The molecule has 5 nitrogen and oxygen atoms in total. The van der Waals surface area contributed by atoms with Crippen LogP contribution in [-0.2, 0) is 0 Å². The van der Waals surface area contributed by atoms with Gasteiger partial charge in [-0.05, 0) is 23.8 Å². The maximum absolute atomic E-state index is 13.7. The van der Waals surface area contributed by atoms with Crippen molar-refractivity contribution >= 4 is 33.3 Å². The van der Waals surface area contributed by atoms with Gasteiger partial charge in [-0.15, -0.1) is 11.3 Å². The van der Waals surface area contributed by atoms with Crippen molar-refractivity contribution in [1.82, 2.24) is 15.3 Å². The molecule has 0 saturated heterocycles. The number of nitrogens with zero attached hydrogens (tertiary/aromatic N) is 2. The van der Waals surface area contributed by atoms with Crippen LogP contribution in [0, 0.1) is 11.6 Å². The fraction of sp³-hybridized carbons (Fsp3) is 0.0952. The first-order valence-corrected chi connectivity index (χ1v) is 9.71. The Labute approximate surface area is 169 Å². The first kappa shape index (κ1) is 18.9. The molecule has 0 aliphatic carbocycles. The molecule has 0 bridgehead atoms. The number of rotatable bonds is 6. The lowest BCUT2D eigenvalue weighted by Crippen LogP contribution is -2.30. The van der Waals surface area contributed by atoms with Gasteiger partial charge in [0.1, 0.15) is 34.2 Å². The molecular weight excluding hydrogens is 394 g/mol. The summed E-state index contributed by atoms with van der Waals surface area (Å²) in [5.41, 5.74) is 0.517. The molecular formula is C21H16F2N4OS. The normalized spacial score (nSPS) is 10.8. The Morgan fingerprint density at radius 2 is 1.72 bits per heavy atom. The summed E-state index contributed by atoms with van der Waals surface area (Å²) in [6, 6.07) is 15.3. The number of hydrogen-bond donors (Lipinski definition) is 2. The molecule has 2 heterocycles. The minimum absolute atomic E-state index is 0.174. The summed E-state index contributed by atoms with van der Waals surface area (Å²) in [7, 11) is 0. The molecule has 0 atom stereocenters. The van der Waals surface area contributed by atoms with E-state index in [1.54, 1.807) is 11.3 Å². The summed E-state index contributed by atoms with van der Waals surface area (Å²) in [5, 5.41) is 6.53. The van der Waals surface area contributed by atoms with Crippen LogP contribution >= 0.6 is 11.3 Å². The van der Waals surface area contributed by atoms with Crippen LogP contribution in [0.3, 0.4) is 0 Å². The van der Waals surface area contributed by atoms with Crippen molar-refractivity contribution in [3.8, 4) is 10.4 Å². The van der Waals surface area contributed by atoms with E-state index in [-0.39, 0.29) is 6.54 Å². The molecule has 2 aromatic carbocycles. The maximum Gasteiger partial charge on any atom is 0.257 e. The number of hydrogen-bond acceptors (Lipinski definition) is 5. The molecule has 8 heteroatoms. The number of fused-ring (bicyclic) bond motifs is 1. The molecule has 29 heavy (non-hydrogen) atoms. The Morgan fingerprint density at radius 3 is 2.48 bits per heavy atom. The summed E-state index contributed by atoms with van der Waals surface area (Å²) >= 11 is 1.56. The van der Waals surface area contributed by atoms with E-state index < -0.39 is 23.1 Å². The van der Waals surface area contributed by atoms with Crippen molar-refractivity contribution in [2.24, 2.45) is 0 Å². The second-order valence-corrected chi connectivity index (χ2v) is 7.23. The van der Waals surface area contributed by atoms with Gasteiger partial charge in [-0.3, -0.25) is 4.79 Å². The number of anilines is 1. The molecule has 4 aromatic rings. The Hall–Kier alpha value is -3.39. The van der Waals surface area contributed by atoms with Crippen LogP contribution < -0.4 is 10.6 Å². The van der Waals surface area contributed by atoms with Gasteiger partial charge in [0.25, 0.3) is 5.91 Å². The molecule has 146 valence electrons. The van der Waals surface area contributed by atoms with Crippen molar-refractivity contribution in [2.75, 3.05) is 18.4 Å². The maximum atomic E-state index is 13.7. The van der Waals surface area contributed by atoms with Crippen LogP contribution in [0.2, 0.25) is 0 Å². The fourth-order valence-electron chi connectivity index (χ4n) is 2.90. The SMILES string of the molecule is O=C(NCCNc1ncnc2sc(-c3ccccc3)cc12)c1c(F)cccc1F. The number of amides is 1. The van der Waals surface area contributed by atoms with Crippen LogP contribution in [-0.4, -0.2) is 29.0 Å². The Bertz CT molecular complexity index is 1140. The number of benzene rings is 2. The van der Waals surface area contributed by atoms with Gasteiger partial charge in [0.2, 0.25) is 0 Å². The standard InChI is InChI=1S/C21H16F2N4OS/c22-15-7-4-8-16(23)18(15)20(28)25-10-9-24-19-14-11-17(13-5-2-1-3-6-13)29-21(14)27-12-26-19/h1-8,11-12H,9-10H2,(H,25,28)(H,24,26,27). The van der Waals surface area contributed by atoms with Gasteiger partial charge in [0, 0.05) is 18.0 Å². The third kappa shape index (κ3) is 4.07. The highest BCUT2D eigenvalue weighted by Crippen LogP contribution is 2.34. The van der Waals surface area contributed by atoms with Crippen molar-refractivity contribution in [3.63, 3.8) is 0 Å². The van der Waals surface area contributed by atoms with E-state index >= 15 is 0 Å². The van der Waals surface area contributed by atoms with E-state index in [0.29, 0.717) is 12.4 Å². The summed E-state index contributed by atoms with van der Waals surface area (Å²) < 4.78 is 27.3. The van der Waals surface area contributed by atoms with Gasteiger partial charge in [0.15, 0.2) is 0 Å². The largest absolute Gasteiger partial charge is 0.368 e. The highest BCUT2D eigenvalue weighted by molar-refractivity contribution is 7.21. The predicted molar refractivity (Wildman–Crippen MR) is 110 cm³/mol. The minimum atomic E-state index is -0.889. The highest BCUT2D eigenvalue weighted by atomic mass is 32.1.